The van der Waals surface area contributed by atoms with Crippen molar-refractivity contribution in [1.29, 1.82) is 5.26 Å². The van der Waals surface area contributed by atoms with Gasteiger partial charge in [-0.2, -0.15) is 10.4 Å². The second kappa shape index (κ2) is 5.31. The zero-order valence-corrected chi connectivity index (χ0v) is 9.78. The highest BCUT2D eigenvalue weighted by Crippen LogP contribution is 2.13. The molecule has 0 fully saturated rings. The van der Waals surface area contributed by atoms with Crippen LogP contribution in [0.25, 0.3) is 0 Å². The average molecular weight is 221 g/mol. The van der Waals surface area contributed by atoms with Gasteiger partial charge in [0.1, 0.15) is 0 Å². The lowest BCUT2D eigenvalue weighted by Gasteiger charge is -2.03. The van der Waals surface area contributed by atoms with Crippen LogP contribution < -0.4 is 0 Å². The molecule has 1 aromatic heterocycles. The number of hydrogen-bond acceptors (Lipinski definition) is 4. The summed E-state index contributed by atoms with van der Waals surface area (Å²) in [5, 5.41) is 13.0. The molecule has 0 unspecified atom stereocenters. The third-order valence-electron chi connectivity index (χ3n) is 2.54. The van der Waals surface area contributed by atoms with Gasteiger partial charge in [0.25, 0.3) is 0 Å². The van der Waals surface area contributed by atoms with Gasteiger partial charge < -0.3 is 4.74 Å². The molecular weight excluding hydrogens is 206 g/mol. The summed E-state index contributed by atoms with van der Waals surface area (Å²) in [5.74, 6) is -0.255. The van der Waals surface area contributed by atoms with Crippen molar-refractivity contribution in [1.82, 2.24) is 9.78 Å². The molecule has 0 aromatic carbocycles. The topological polar surface area (TPSA) is 67.9 Å². The highest BCUT2D eigenvalue weighted by atomic mass is 16.5. The zero-order valence-electron chi connectivity index (χ0n) is 9.78. The summed E-state index contributed by atoms with van der Waals surface area (Å²) in [6.07, 6.45) is 0.653. The van der Waals surface area contributed by atoms with E-state index in [1.807, 2.05) is 13.8 Å². The van der Waals surface area contributed by atoms with Crippen molar-refractivity contribution >= 4 is 5.97 Å². The van der Waals surface area contributed by atoms with Gasteiger partial charge in [0.15, 0.2) is 0 Å². The Morgan fingerprint density at radius 3 is 2.81 bits per heavy atom. The Morgan fingerprint density at radius 2 is 2.25 bits per heavy atom. The van der Waals surface area contributed by atoms with Crippen LogP contribution in [0.4, 0.5) is 0 Å². The maximum Gasteiger partial charge on any atom is 0.307 e. The first kappa shape index (κ1) is 12.2. The van der Waals surface area contributed by atoms with Crippen LogP contribution in [0.3, 0.4) is 0 Å². The second-order valence-corrected chi connectivity index (χ2v) is 3.53. The third-order valence-corrected chi connectivity index (χ3v) is 2.54. The Hall–Kier alpha value is -1.83. The lowest BCUT2D eigenvalue weighted by atomic mass is 10.1. The van der Waals surface area contributed by atoms with Gasteiger partial charge in [-0.1, -0.05) is 0 Å². The minimum atomic E-state index is -0.255. The molecule has 0 radical (unpaired) electrons. The minimum Gasteiger partial charge on any atom is -0.469 e. The van der Waals surface area contributed by atoms with Gasteiger partial charge >= 0.3 is 5.97 Å². The summed E-state index contributed by atoms with van der Waals surface area (Å²) in [6, 6.07) is 2.11. The molecule has 0 saturated heterocycles. The molecule has 0 atom stereocenters. The van der Waals surface area contributed by atoms with Crippen molar-refractivity contribution in [2.45, 2.75) is 33.2 Å². The van der Waals surface area contributed by atoms with E-state index in [4.69, 9.17) is 5.26 Å². The standard InChI is InChI=1S/C11H15N3O2/c1-8-10(4-6-12)9(2)14(13-8)7-5-11(15)16-3/h4-5,7H2,1-3H3. The maximum atomic E-state index is 11.0. The van der Waals surface area contributed by atoms with Crippen LogP contribution in [0.1, 0.15) is 23.4 Å². The highest BCUT2D eigenvalue weighted by Gasteiger charge is 2.11. The Balaban J connectivity index is 2.79. The first-order chi connectivity index (χ1) is 7.60. The molecule has 0 aliphatic heterocycles. The van der Waals surface area contributed by atoms with Crippen LogP contribution in [0, 0.1) is 25.2 Å². The number of hydrogen-bond donors (Lipinski definition) is 0. The van der Waals surface area contributed by atoms with Crippen molar-refractivity contribution in [3.05, 3.63) is 17.0 Å². The molecule has 0 N–H and O–H groups in total. The molecule has 0 spiro atoms. The van der Waals surface area contributed by atoms with Crippen LogP contribution in [0.5, 0.6) is 0 Å². The fourth-order valence-corrected chi connectivity index (χ4v) is 1.59. The number of carbonyl (C=O) groups is 1. The first-order valence-electron chi connectivity index (χ1n) is 5.06. The molecule has 16 heavy (non-hydrogen) atoms. The van der Waals surface area contributed by atoms with Crippen molar-refractivity contribution in [3.8, 4) is 6.07 Å². The number of esters is 1. The van der Waals surface area contributed by atoms with Crippen LogP contribution >= 0.6 is 0 Å². The summed E-state index contributed by atoms with van der Waals surface area (Å²) in [4.78, 5) is 11.0. The zero-order chi connectivity index (χ0) is 12.1. The third kappa shape index (κ3) is 2.60. The number of nitrogens with zero attached hydrogens (tertiary/aromatic N) is 3. The van der Waals surface area contributed by atoms with Crippen molar-refractivity contribution in [2.24, 2.45) is 0 Å². The van der Waals surface area contributed by atoms with Gasteiger partial charge in [0.2, 0.25) is 0 Å². The van der Waals surface area contributed by atoms with E-state index in [9.17, 15) is 4.79 Å². The predicted molar refractivity (Wildman–Crippen MR) is 57.7 cm³/mol. The van der Waals surface area contributed by atoms with Crippen LogP contribution in [-0.4, -0.2) is 22.9 Å². The van der Waals surface area contributed by atoms with E-state index in [0.29, 0.717) is 19.4 Å². The number of ether oxygens (including phenoxy) is 1. The molecule has 0 bridgehead atoms. The van der Waals surface area contributed by atoms with Crippen LogP contribution in [-0.2, 0) is 22.5 Å². The maximum absolute atomic E-state index is 11.0. The van der Waals surface area contributed by atoms with E-state index >= 15 is 0 Å². The summed E-state index contributed by atoms with van der Waals surface area (Å²) in [6.45, 7) is 4.27. The smallest absolute Gasteiger partial charge is 0.307 e. The number of carbonyl (C=O) groups excluding carboxylic acids is 1. The molecule has 1 aromatic rings. The van der Waals surface area contributed by atoms with Crippen molar-refractivity contribution in [3.63, 3.8) is 0 Å². The molecule has 1 rings (SSSR count). The van der Waals surface area contributed by atoms with Gasteiger partial charge in [0, 0.05) is 11.3 Å². The van der Waals surface area contributed by atoms with Gasteiger partial charge in [-0.3, -0.25) is 9.48 Å². The lowest BCUT2D eigenvalue weighted by Crippen LogP contribution is -2.09. The Morgan fingerprint density at radius 1 is 1.56 bits per heavy atom. The number of aromatic nitrogens is 2. The number of nitriles is 1. The molecule has 0 saturated carbocycles. The molecule has 1 heterocycles. The van der Waals surface area contributed by atoms with Gasteiger partial charge in [-0.25, -0.2) is 0 Å². The molecule has 0 aliphatic carbocycles. The normalized spacial score (nSPS) is 9.88. The van der Waals surface area contributed by atoms with E-state index in [1.54, 1.807) is 4.68 Å². The Labute approximate surface area is 94.6 Å². The van der Waals surface area contributed by atoms with Gasteiger partial charge in [-0.05, 0) is 13.8 Å². The van der Waals surface area contributed by atoms with Crippen LogP contribution in [0.2, 0.25) is 0 Å². The molecule has 5 heteroatoms. The molecule has 0 amide bonds. The number of rotatable bonds is 4. The van der Waals surface area contributed by atoms with Gasteiger partial charge in [0.05, 0.1) is 38.3 Å². The van der Waals surface area contributed by atoms with E-state index < -0.39 is 0 Å². The largest absolute Gasteiger partial charge is 0.469 e. The van der Waals surface area contributed by atoms with E-state index in [0.717, 1.165) is 17.0 Å². The molecule has 0 aliphatic rings. The lowest BCUT2D eigenvalue weighted by molar-refractivity contribution is -0.140. The number of aryl methyl sites for hydroxylation is 2. The highest BCUT2D eigenvalue weighted by molar-refractivity contribution is 5.68. The summed E-state index contributed by atoms with van der Waals surface area (Å²) in [7, 11) is 1.37. The summed E-state index contributed by atoms with van der Waals surface area (Å²) >= 11 is 0. The molecular formula is C11H15N3O2. The Kier molecular flexibility index (Phi) is 4.06. The average Bonchev–Trinajstić information content (AvgIpc) is 2.54. The Bertz CT molecular complexity index is 429. The minimum absolute atomic E-state index is 0.255. The van der Waals surface area contributed by atoms with Crippen molar-refractivity contribution in [2.75, 3.05) is 7.11 Å². The van der Waals surface area contributed by atoms with E-state index in [1.165, 1.54) is 7.11 Å². The number of methoxy groups -OCH3 is 1. The first-order valence-corrected chi connectivity index (χ1v) is 5.06. The van der Waals surface area contributed by atoms with Crippen LogP contribution in [0.15, 0.2) is 0 Å². The van der Waals surface area contributed by atoms with E-state index in [2.05, 4.69) is 15.9 Å². The fourth-order valence-electron chi connectivity index (χ4n) is 1.59. The van der Waals surface area contributed by atoms with Gasteiger partial charge in [-0.15, -0.1) is 0 Å². The fraction of sp³-hybridized carbons (Fsp3) is 0.545. The molecule has 5 nitrogen and oxygen atoms in total. The summed E-state index contributed by atoms with van der Waals surface area (Å²) < 4.78 is 6.31. The monoisotopic (exact) mass is 221 g/mol. The van der Waals surface area contributed by atoms with Crippen molar-refractivity contribution < 1.29 is 9.53 Å². The van der Waals surface area contributed by atoms with E-state index in [-0.39, 0.29) is 5.97 Å². The molecule has 86 valence electrons. The summed E-state index contributed by atoms with van der Waals surface area (Å²) in [5.41, 5.74) is 2.75. The SMILES string of the molecule is COC(=O)CCn1nc(C)c(CC#N)c1C. The predicted octanol–water partition coefficient (Wildman–Crippen LogP) is 1.13. The quantitative estimate of drug-likeness (QED) is 0.715. The second-order valence-electron chi connectivity index (χ2n) is 3.53.